The molecule has 1 fully saturated rings. The minimum atomic E-state index is 0.836. The summed E-state index contributed by atoms with van der Waals surface area (Å²) in [7, 11) is 2.21. The minimum Gasteiger partial charge on any atom is -0.307 e. The van der Waals surface area contributed by atoms with Crippen LogP contribution in [0.25, 0.3) is 59.8 Å². The average molecular weight is 454 g/mol. The SMILES string of the molecule is Cc1c2ccccc2c2c3ccccc3n3c4cc(CC5CCCC5)cc5cc[n+](C)c(c1c23)c54. The van der Waals surface area contributed by atoms with Crippen LogP contribution in [0.2, 0.25) is 0 Å². The van der Waals surface area contributed by atoms with Crippen molar-refractivity contribution in [1.82, 2.24) is 4.40 Å². The molecule has 0 atom stereocenters. The Hall–Kier alpha value is -3.65. The molecule has 0 bridgehead atoms. The van der Waals surface area contributed by atoms with Crippen molar-refractivity contribution in [3.8, 4) is 0 Å². The highest BCUT2D eigenvalue weighted by Crippen LogP contribution is 2.45. The van der Waals surface area contributed by atoms with Crippen LogP contribution in [0.3, 0.4) is 0 Å². The lowest BCUT2D eigenvalue weighted by Crippen LogP contribution is -2.29. The van der Waals surface area contributed by atoms with Crippen molar-refractivity contribution < 1.29 is 4.57 Å². The van der Waals surface area contributed by atoms with Crippen molar-refractivity contribution in [3.63, 3.8) is 0 Å². The Labute approximate surface area is 204 Å². The largest absolute Gasteiger partial charge is 0.307 e. The van der Waals surface area contributed by atoms with Gasteiger partial charge in [0.25, 0.3) is 0 Å². The van der Waals surface area contributed by atoms with Gasteiger partial charge in [0, 0.05) is 16.8 Å². The van der Waals surface area contributed by atoms with E-state index in [1.165, 1.54) is 103 Å². The Morgan fingerprint density at radius 3 is 2.37 bits per heavy atom. The van der Waals surface area contributed by atoms with Gasteiger partial charge in [-0.05, 0) is 58.7 Å². The van der Waals surface area contributed by atoms with E-state index < -0.39 is 0 Å². The quantitative estimate of drug-likeness (QED) is 0.142. The molecule has 170 valence electrons. The topological polar surface area (TPSA) is 8.29 Å². The van der Waals surface area contributed by atoms with Crippen LogP contribution in [0.15, 0.2) is 72.9 Å². The molecule has 0 amide bonds. The molecule has 0 spiro atoms. The molecule has 4 aromatic carbocycles. The second-order valence-corrected chi connectivity index (χ2v) is 10.8. The molecular weight excluding hydrogens is 424 g/mol. The van der Waals surface area contributed by atoms with Gasteiger partial charge >= 0.3 is 0 Å². The molecular formula is C33H29N2+. The summed E-state index contributed by atoms with van der Waals surface area (Å²) >= 11 is 0. The van der Waals surface area contributed by atoms with Crippen LogP contribution in [0.1, 0.15) is 36.8 Å². The van der Waals surface area contributed by atoms with Gasteiger partial charge in [0.1, 0.15) is 7.05 Å². The first-order chi connectivity index (χ1) is 17.2. The number of aromatic nitrogens is 2. The summed E-state index contributed by atoms with van der Waals surface area (Å²) in [6.45, 7) is 2.32. The van der Waals surface area contributed by atoms with Crippen LogP contribution >= 0.6 is 0 Å². The molecule has 1 saturated carbocycles. The monoisotopic (exact) mass is 453 g/mol. The Kier molecular flexibility index (Phi) is 3.90. The van der Waals surface area contributed by atoms with Gasteiger partial charge < -0.3 is 4.40 Å². The van der Waals surface area contributed by atoms with E-state index in [0.29, 0.717) is 0 Å². The first kappa shape index (κ1) is 19.6. The molecule has 3 heterocycles. The lowest BCUT2D eigenvalue weighted by Gasteiger charge is -2.17. The van der Waals surface area contributed by atoms with Crippen LogP contribution < -0.4 is 4.57 Å². The van der Waals surface area contributed by atoms with Crippen molar-refractivity contribution in [1.29, 1.82) is 0 Å². The molecule has 1 aliphatic carbocycles. The van der Waals surface area contributed by atoms with Gasteiger partial charge in [0.05, 0.1) is 27.3 Å². The maximum Gasteiger partial charge on any atom is 0.224 e. The van der Waals surface area contributed by atoms with E-state index >= 15 is 0 Å². The van der Waals surface area contributed by atoms with Crippen LogP contribution in [-0.4, -0.2) is 4.40 Å². The zero-order valence-corrected chi connectivity index (χ0v) is 20.4. The zero-order valence-electron chi connectivity index (χ0n) is 20.4. The summed E-state index contributed by atoms with van der Waals surface area (Å²) < 4.78 is 4.94. The second-order valence-electron chi connectivity index (χ2n) is 10.8. The van der Waals surface area contributed by atoms with Crippen molar-refractivity contribution >= 4 is 59.8 Å². The van der Waals surface area contributed by atoms with E-state index in [-0.39, 0.29) is 0 Å². The lowest BCUT2D eigenvalue weighted by atomic mass is 9.92. The fourth-order valence-corrected chi connectivity index (χ4v) is 7.31. The Morgan fingerprint density at radius 1 is 0.800 bits per heavy atom. The highest BCUT2D eigenvalue weighted by Gasteiger charge is 2.26. The number of fused-ring (bicyclic) bond motifs is 7. The number of benzene rings is 4. The van der Waals surface area contributed by atoms with E-state index in [0.717, 1.165) is 5.92 Å². The van der Waals surface area contributed by atoms with Crippen molar-refractivity contribution in [2.24, 2.45) is 13.0 Å². The number of hydrogen-bond acceptors (Lipinski definition) is 0. The molecule has 35 heavy (non-hydrogen) atoms. The van der Waals surface area contributed by atoms with Crippen molar-refractivity contribution in [2.45, 2.75) is 39.0 Å². The van der Waals surface area contributed by atoms with E-state index in [1.807, 2.05) is 0 Å². The summed E-state index contributed by atoms with van der Waals surface area (Å²) in [5.74, 6) is 0.836. The molecule has 0 unspecified atom stereocenters. The molecule has 2 nitrogen and oxygen atoms in total. The molecule has 8 rings (SSSR count). The fourth-order valence-electron chi connectivity index (χ4n) is 7.31. The lowest BCUT2D eigenvalue weighted by molar-refractivity contribution is -0.643. The summed E-state index contributed by atoms with van der Waals surface area (Å²) in [4.78, 5) is 0. The Bertz CT molecular complexity index is 1950. The summed E-state index contributed by atoms with van der Waals surface area (Å²) in [5, 5.41) is 9.60. The molecule has 0 N–H and O–H groups in total. The number of hydrogen-bond donors (Lipinski definition) is 0. The number of nitrogens with zero attached hydrogens (tertiary/aromatic N) is 2. The highest BCUT2D eigenvalue weighted by atomic mass is 15.0. The van der Waals surface area contributed by atoms with Crippen LogP contribution in [0, 0.1) is 12.8 Å². The number of rotatable bonds is 2. The molecule has 2 heteroatoms. The molecule has 1 aliphatic rings. The first-order valence-electron chi connectivity index (χ1n) is 13.1. The number of aryl methyl sites for hydroxylation is 2. The summed E-state index contributed by atoms with van der Waals surface area (Å²) in [6, 6.07) is 25.3. The smallest absolute Gasteiger partial charge is 0.224 e. The van der Waals surface area contributed by atoms with E-state index in [2.05, 4.69) is 95.9 Å². The first-order valence-corrected chi connectivity index (χ1v) is 13.1. The maximum atomic E-state index is 2.59. The van der Waals surface area contributed by atoms with Gasteiger partial charge in [-0.2, -0.15) is 0 Å². The molecule has 0 saturated heterocycles. The molecule has 0 aliphatic heterocycles. The molecule has 0 radical (unpaired) electrons. The van der Waals surface area contributed by atoms with Crippen molar-refractivity contribution in [2.75, 3.05) is 0 Å². The van der Waals surface area contributed by atoms with E-state index in [1.54, 1.807) is 0 Å². The van der Waals surface area contributed by atoms with E-state index in [4.69, 9.17) is 0 Å². The van der Waals surface area contributed by atoms with Gasteiger partial charge in [0.15, 0.2) is 6.20 Å². The predicted molar refractivity (Wildman–Crippen MR) is 148 cm³/mol. The van der Waals surface area contributed by atoms with Gasteiger partial charge in [-0.25, -0.2) is 4.57 Å². The van der Waals surface area contributed by atoms with Crippen LogP contribution in [0.5, 0.6) is 0 Å². The highest BCUT2D eigenvalue weighted by molar-refractivity contribution is 6.32. The van der Waals surface area contributed by atoms with Gasteiger partial charge in [-0.15, -0.1) is 0 Å². The normalized spacial score (nSPS) is 15.3. The third-order valence-corrected chi connectivity index (χ3v) is 8.84. The van der Waals surface area contributed by atoms with Crippen molar-refractivity contribution in [3.05, 3.63) is 84.1 Å². The molecule has 3 aromatic heterocycles. The third-order valence-electron chi connectivity index (χ3n) is 8.84. The third kappa shape index (κ3) is 2.52. The maximum absolute atomic E-state index is 2.59. The standard InChI is InChI=1S/C33H29N2/c1-20-24-11-5-6-12-25(24)31-26-13-7-8-14-27(26)35-28-19-22(17-21-9-3-4-10-21)18-23-15-16-34(2)32(30(23)28)29(20)33(31)35/h5-8,11-16,18-19,21H,3-4,9-10,17H2,1-2H3/q+1. The second kappa shape index (κ2) is 6.95. The number of para-hydroxylation sites is 1. The predicted octanol–water partition coefficient (Wildman–Crippen LogP) is 8.01. The number of pyridine rings is 2. The van der Waals surface area contributed by atoms with Gasteiger partial charge in [-0.1, -0.05) is 74.2 Å². The summed E-state index contributed by atoms with van der Waals surface area (Å²) in [6.07, 6.45) is 9.02. The Balaban J connectivity index is 1.68. The van der Waals surface area contributed by atoms with Gasteiger partial charge in [0.2, 0.25) is 5.52 Å². The Morgan fingerprint density at radius 2 is 1.54 bits per heavy atom. The minimum absolute atomic E-state index is 0.836. The van der Waals surface area contributed by atoms with E-state index in [9.17, 15) is 0 Å². The molecule has 7 aromatic rings. The average Bonchev–Trinajstić information content (AvgIpc) is 3.51. The fraction of sp³-hybridized carbons (Fsp3) is 0.242. The van der Waals surface area contributed by atoms with Crippen LogP contribution in [0.4, 0.5) is 0 Å². The zero-order chi connectivity index (χ0) is 23.3. The van der Waals surface area contributed by atoms with Gasteiger partial charge in [-0.3, -0.25) is 0 Å². The van der Waals surface area contributed by atoms with Crippen LogP contribution in [-0.2, 0) is 13.5 Å². The summed E-state index contributed by atoms with van der Waals surface area (Å²) in [5.41, 5.74) is 8.27.